The molecule has 1 saturated heterocycles. The molecule has 2 unspecified atom stereocenters. The number of benzene rings is 1. The van der Waals surface area contributed by atoms with Gasteiger partial charge in [-0.05, 0) is 62.0 Å². The fourth-order valence-electron chi connectivity index (χ4n) is 3.72. The smallest absolute Gasteiger partial charge is 0.0676 e. The maximum atomic E-state index is 10.8. The molecule has 1 aromatic carbocycles. The summed E-state index contributed by atoms with van der Waals surface area (Å²) >= 11 is 0. The predicted molar refractivity (Wildman–Crippen MR) is 76.4 cm³/mol. The van der Waals surface area contributed by atoms with Crippen LogP contribution in [0.5, 0.6) is 0 Å². The average Bonchev–Trinajstić information content (AvgIpc) is 2.64. The van der Waals surface area contributed by atoms with Gasteiger partial charge in [0.15, 0.2) is 0 Å². The van der Waals surface area contributed by atoms with E-state index in [4.69, 9.17) is 4.74 Å². The van der Waals surface area contributed by atoms with Gasteiger partial charge >= 0.3 is 0 Å². The molecule has 2 nitrogen and oxygen atoms in total. The summed E-state index contributed by atoms with van der Waals surface area (Å²) in [6, 6.07) is 8.78. The number of fused-ring (bicyclic) bond motifs is 1. The van der Waals surface area contributed by atoms with Crippen LogP contribution in [0.2, 0.25) is 0 Å². The molecule has 0 bridgehead atoms. The Kier molecular flexibility index (Phi) is 3.90. The second-order valence-corrected chi connectivity index (χ2v) is 6.18. The second-order valence-electron chi connectivity index (χ2n) is 6.18. The van der Waals surface area contributed by atoms with Gasteiger partial charge in [0.2, 0.25) is 0 Å². The van der Waals surface area contributed by atoms with E-state index in [1.54, 1.807) is 0 Å². The highest BCUT2D eigenvalue weighted by atomic mass is 16.5. The molecule has 0 aromatic heterocycles. The third-order valence-electron chi connectivity index (χ3n) is 4.76. The SMILES string of the molecule is OC1(CC2CCCc3ccccc32)CCCOCC1. The van der Waals surface area contributed by atoms with Crippen LogP contribution < -0.4 is 0 Å². The third-order valence-corrected chi connectivity index (χ3v) is 4.76. The van der Waals surface area contributed by atoms with Crippen molar-refractivity contribution in [3.63, 3.8) is 0 Å². The summed E-state index contributed by atoms with van der Waals surface area (Å²) in [5.41, 5.74) is 2.46. The van der Waals surface area contributed by atoms with Gasteiger partial charge in [-0.25, -0.2) is 0 Å². The lowest BCUT2D eigenvalue weighted by molar-refractivity contribution is 0.00307. The van der Waals surface area contributed by atoms with Gasteiger partial charge in [-0.15, -0.1) is 0 Å². The average molecular weight is 260 g/mol. The summed E-state index contributed by atoms with van der Waals surface area (Å²) in [5, 5.41) is 10.8. The maximum Gasteiger partial charge on any atom is 0.0676 e. The van der Waals surface area contributed by atoms with Crippen LogP contribution in [0.25, 0.3) is 0 Å². The molecule has 1 heterocycles. The Morgan fingerprint density at radius 2 is 2.05 bits per heavy atom. The molecule has 0 saturated carbocycles. The molecule has 1 aromatic rings. The Labute approximate surface area is 115 Å². The Morgan fingerprint density at radius 1 is 1.16 bits per heavy atom. The zero-order chi connectivity index (χ0) is 13.1. The molecule has 1 aliphatic heterocycles. The van der Waals surface area contributed by atoms with Gasteiger partial charge in [-0.2, -0.15) is 0 Å². The number of hydrogen-bond acceptors (Lipinski definition) is 2. The van der Waals surface area contributed by atoms with Crippen LogP contribution in [0.1, 0.15) is 55.6 Å². The summed E-state index contributed by atoms with van der Waals surface area (Å²) in [6.07, 6.45) is 7.28. The highest BCUT2D eigenvalue weighted by molar-refractivity contribution is 5.32. The molecular weight excluding hydrogens is 236 g/mol. The Hall–Kier alpha value is -0.860. The minimum Gasteiger partial charge on any atom is -0.390 e. The number of hydrogen-bond donors (Lipinski definition) is 1. The van der Waals surface area contributed by atoms with Gasteiger partial charge in [0.05, 0.1) is 5.60 Å². The van der Waals surface area contributed by atoms with E-state index in [0.717, 1.165) is 32.3 Å². The van der Waals surface area contributed by atoms with Crippen LogP contribution in [-0.2, 0) is 11.2 Å². The largest absolute Gasteiger partial charge is 0.390 e. The highest BCUT2D eigenvalue weighted by Gasteiger charge is 2.33. The number of aliphatic hydroxyl groups is 1. The summed E-state index contributed by atoms with van der Waals surface area (Å²) in [7, 11) is 0. The van der Waals surface area contributed by atoms with Crippen molar-refractivity contribution >= 4 is 0 Å². The molecule has 0 amide bonds. The second kappa shape index (κ2) is 5.64. The molecule has 2 aliphatic rings. The number of aryl methyl sites for hydroxylation is 1. The van der Waals surface area contributed by atoms with Gasteiger partial charge in [0.25, 0.3) is 0 Å². The lowest BCUT2D eigenvalue weighted by atomic mass is 9.75. The molecule has 3 rings (SSSR count). The minimum absolute atomic E-state index is 0.508. The minimum atomic E-state index is -0.508. The van der Waals surface area contributed by atoms with Crippen molar-refractivity contribution in [3.8, 4) is 0 Å². The third kappa shape index (κ3) is 3.01. The van der Waals surface area contributed by atoms with Crippen molar-refractivity contribution < 1.29 is 9.84 Å². The Morgan fingerprint density at radius 3 is 3.00 bits per heavy atom. The highest BCUT2D eigenvalue weighted by Crippen LogP contribution is 2.39. The zero-order valence-electron chi connectivity index (χ0n) is 11.6. The fraction of sp³-hybridized carbons (Fsp3) is 0.647. The van der Waals surface area contributed by atoms with E-state index in [1.807, 2.05) is 0 Å². The van der Waals surface area contributed by atoms with Gasteiger partial charge in [-0.3, -0.25) is 0 Å². The molecule has 1 aliphatic carbocycles. The van der Waals surface area contributed by atoms with E-state index in [1.165, 1.54) is 30.4 Å². The van der Waals surface area contributed by atoms with Gasteiger partial charge < -0.3 is 9.84 Å². The van der Waals surface area contributed by atoms with Gasteiger partial charge in [0.1, 0.15) is 0 Å². The lowest BCUT2D eigenvalue weighted by Gasteiger charge is -2.34. The van der Waals surface area contributed by atoms with Crippen LogP contribution in [0.3, 0.4) is 0 Å². The van der Waals surface area contributed by atoms with Crippen LogP contribution in [0, 0.1) is 0 Å². The van der Waals surface area contributed by atoms with Crippen LogP contribution >= 0.6 is 0 Å². The first-order valence-corrected chi connectivity index (χ1v) is 7.65. The van der Waals surface area contributed by atoms with Crippen molar-refractivity contribution in [2.24, 2.45) is 0 Å². The normalized spacial score (nSPS) is 31.5. The van der Waals surface area contributed by atoms with Gasteiger partial charge in [-0.1, -0.05) is 24.3 Å². The zero-order valence-corrected chi connectivity index (χ0v) is 11.6. The van der Waals surface area contributed by atoms with E-state index in [2.05, 4.69) is 24.3 Å². The Bertz CT molecular complexity index is 419. The lowest BCUT2D eigenvalue weighted by Crippen LogP contribution is -2.32. The van der Waals surface area contributed by atoms with Crippen molar-refractivity contribution in [3.05, 3.63) is 35.4 Å². The van der Waals surface area contributed by atoms with Crippen molar-refractivity contribution in [2.45, 2.75) is 56.5 Å². The summed E-state index contributed by atoms with van der Waals surface area (Å²) in [5.74, 6) is 0.535. The number of rotatable bonds is 2. The first-order chi connectivity index (χ1) is 9.27. The van der Waals surface area contributed by atoms with Gasteiger partial charge in [0, 0.05) is 13.2 Å². The molecule has 0 radical (unpaired) electrons. The fourth-order valence-corrected chi connectivity index (χ4v) is 3.72. The van der Waals surface area contributed by atoms with Crippen LogP contribution in [0.15, 0.2) is 24.3 Å². The monoisotopic (exact) mass is 260 g/mol. The quantitative estimate of drug-likeness (QED) is 0.882. The van der Waals surface area contributed by atoms with E-state index in [-0.39, 0.29) is 0 Å². The van der Waals surface area contributed by atoms with Crippen molar-refractivity contribution in [1.29, 1.82) is 0 Å². The van der Waals surface area contributed by atoms with E-state index in [9.17, 15) is 5.11 Å². The summed E-state index contributed by atoms with van der Waals surface area (Å²) in [6.45, 7) is 1.52. The first kappa shape index (κ1) is 13.1. The Balaban J connectivity index is 1.76. The van der Waals surface area contributed by atoms with Crippen LogP contribution in [-0.4, -0.2) is 23.9 Å². The van der Waals surface area contributed by atoms with Crippen molar-refractivity contribution in [1.82, 2.24) is 0 Å². The topological polar surface area (TPSA) is 29.5 Å². The molecule has 19 heavy (non-hydrogen) atoms. The first-order valence-electron chi connectivity index (χ1n) is 7.65. The molecule has 104 valence electrons. The van der Waals surface area contributed by atoms with E-state index in [0.29, 0.717) is 12.5 Å². The molecular formula is C17H24O2. The molecule has 1 N–H and O–H groups in total. The maximum absolute atomic E-state index is 10.8. The van der Waals surface area contributed by atoms with E-state index < -0.39 is 5.60 Å². The molecule has 1 fully saturated rings. The van der Waals surface area contributed by atoms with Crippen LogP contribution in [0.4, 0.5) is 0 Å². The molecule has 2 atom stereocenters. The standard InChI is InChI=1S/C17H24O2/c18-17(9-4-11-19-12-10-17)13-15-7-3-6-14-5-1-2-8-16(14)15/h1-2,5,8,15,18H,3-4,6-7,9-13H2. The summed E-state index contributed by atoms with van der Waals surface area (Å²) in [4.78, 5) is 0. The van der Waals surface area contributed by atoms with Crippen molar-refractivity contribution in [2.75, 3.05) is 13.2 Å². The number of ether oxygens (including phenoxy) is 1. The molecule has 2 heteroatoms. The van der Waals surface area contributed by atoms with E-state index >= 15 is 0 Å². The predicted octanol–water partition coefficient (Wildman–Crippen LogP) is 3.43. The summed E-state index contributed by atoms with van der Waals surface area (Å²) < 4.78 is 5.49. The molecule has 0 spiro atoms.